The van der Waals surface area contributed by atoms with Gasteiger partial charge in [-0.05, 0) is 51.1 Å². The van der Waals surface area contributed by atoms with E-state index in [0.29, 0.717) is 12.1 Å². The summed E-state index contributed by atoms with van der Waals surface area (Å²) in [6.45, 7) is 3.56. The maximum absolute atomic E-state index is 13.9. The number of benzene rings is 2. The maximum Gasteiger partial charge on any atom is 0.416 e. The first kappa shape index (κ1) is 38.7. The van der Waals surface area contributed by atoms with E-state index in [-0.39, 0.29) is 54.5 Å². The smallest absolute Gasteiger partial charge is 0.416 e. The monoisotopic (exact) mass is 733 g/mol. The molecule has 1 atom stereocenters. The number of hydrogen-bond acceptors (Lipinski definition) is 10. The van der Waals surface area contributed by atoms with Crippen molar-refractivity contribution in [2.24, 2.45) is 4.99 Å². The number of carbonyl (C=O) groups excluding carboxylic acids is 5. The molecule has 266 valence electrons. The maximum atomic E-state index is 13.9. The van der Waals surface area contributed by atoms with Crippen LogP contribution in [-0.2, 0) is 30.0 Å². The average Bonchev–Trinajstić information content (AvgIpc) is 3.44. The standard InChI is InChI=1S/C30H32Cl2F3N5O9/c1-4-47-24(42)14-22(20-12-18(31)13-21(32)25(20)43)38-23(41)15-36-26(44)16-9-17(30(33,34)35)11-19(10-16)37-27-39(28(45)48-5-2)7-8-40(27)29(46)49-6-3/h9-13,22,43H,4-8,14-15H2,1-3H3,(H,36,44)(H,38,41). The van der Waals surface area contributed by atoms with E-state index in [1.165, 1.54) is 26.0 Å². The molecule has 0 bridgehead atoms. The van der Waals surface area contributed by atoms with Crippen LogP contribution in [0.4, 0.5) is 28.4 Å². The van der Waals surface area contributed by atoms with Crippen molar-refractivity contribution in [1.29, 1.82) is 0 Å². The van der Waals surface area contributed by atoms with Crippen LogP contribution in [-0.4, -0.2) is 90.3 Å². The molecule has 1 aliphatic rings. The van der Waals surface area contributed by atoms with E-state index in [9.17, 15) is 42.3 Å². The van der Waals surface area contributed by atoms with Crippen LogP contribution in [0.15, 0.2) is 35.3 Å². The molecular weight excluding hydrogens is 702 g/mol. The molecule has 0 spiro atoms. The number of alkyl halides is 3. The van der Waals surface area contributed by atoms with Gasteiger partial charge in [-0.3, -0.25) is 14.4 Å². The Morgan fingerprint density at radius 3 is 2.06 bits per heavy atom. The Balaban J connectivity index is 1.91. The zero-order valence-corrected chi connectivity index (χ0v) is 27.9. The van der Waals surface area contributed by atoms with Crippen molar-refractivity contribution < 1.29 is 56.5 Å². The van der Waals surface area contributed by atoms with Crippen molar-refractivity contribution >= 4 is 64.8 Å². The average molecular weight is 735 g/mol. The third-order valence-corrected chi connectivity index (χ3v) is 7.10. The van der Waals surface area contributed by atoms with Crippen molar-refractivity contribution in [2.75, 3.05) is 39.5 Å². The lowest BCUT2D eigenvalue weighted by Crippen LogP contribution is -2.40. The number of amides is 4. The Morgan fingerprint density at radius 2 is 1.51 bits per heavy atom. The quantitative estimate of drug-likeness (QED) is 0.208. The summed E-state index contributed by atoms with van der Waals surface area (Å²) in [5, 5.41) is 15.0. The van der Waals surface area contributed by atoms with Crippen molar-refractivity contribution in [2.45, 2.75) is 39.4 Å². The fourth-order valence-electron chi connectivity index (χ4n) is 4.49. The zero-order chi connectivity index (χ0) is 36.5. The van der Waals surface area contributed by atoms with E-state index in [1.54, 1.807) is 6.92 Å². The number of hydrogen-bond donors (Lipinski definition) is 3. The minimum Gasteiger partial charge on any atom is -0.506 e. The topological polar surface area (TPSA) is 176 Å². The highest BCUT2D eigenvalue weighted by atomic mass is 35.5. The van der Waals surface area contributed by atoms with Gasteiger partial charge in [0, 0.05) is 16.1 Å². The summed E-state index contributed by atoms with van der Waals surface area (Å²) < 4.78 is 56.6. The molecule has 4 amide bonds. The summed E-state index contributed by atoms with van der Waals surface area (Å²) in [4.78, 5) is 69.2. The number of aromatic hydroxyl groups is 1. The third kappa shape index (κ3) is 10.4. The third-order valence-electron chi connectivity index (χ3n) is 6.60. The van der Waals surface area contributed by atoms with Crippen LogP contribution in [0.2, 0.25) is 10.0 Å². The van der Waals surface area contributed by atoms with Gasteiger partial charge < -0.3 is 30.0 Å². The number of halogens is 5. The molecule has 1 saturated heterocycles. The molecule has 1 fully saturated rings. The number of carbonyl (C=O) groups is 5. The molecule has 2 aromatic rings. The van der Waals surface area contributed by atoms with Gasteiger partial charge in [0.25, 0.3) is 5.91 Å². The number of aliphatic imine (C=N–C) groups is 1. The number of nitrogens with one attached hydrogen (secondary N) is 2. The van der Waals surface area contributed by atoms with Crippen molar-refractivity contribution in [1.82, 2.24) is 20.4 Å². The molecule has 14 nitrogen and oxygen atoms in total. The van der Waals surface area contributed by atoms with Crippen LogP contribution in [0.5, 0.6) is 5.75 Å². The number of phenols is 1. The van der Waals surface area contributed by atoms with Crippen LogP contribution >= 0.6 is 23.2 Å². The first-order chi connectivity index (χ1) is 23.1. The molecule has 0 radical (unpaired) electrons. The van der Waals surface area contributed by atoms with Crippen LogP contribution in [0.3, 0.4) is 0 Å². The van der Waals surface area contributed by atoms with Gasteiger partial charge in [-0.1, -0.05) is 23.2 Å². The minimum absolute atomic E-state index is 0.0179. The highest BCUT2D eigenvalue weighted by Gasteiger charge is 2.38. The number of ether oxygens (including phenoxy) is 3. The number of phenolic OH excluding ortho intramolecular Hbond substituents is 1. The van der Waals surface area contributed by atoms with Gasteiger partial charge in [0.1, 0.15) is 5.75 Å². The lowest BCUT2D eigenvalue weighted by Gasteiger charge is -2.21. The molecule has 3 N–H and O–H groups in total. The normalized spacial score (nSPS) is 13.4. The van der Waals surface area contributed by atoms with Gasteiger partial charge >= 0.3 is 24.3 Å². The number of guanidine groups is 1. The van der Waals surface area contributed by atoms with Gasteiger partial charge in [-0.15, -0.1) is 0 Å². The summed E-state index contributed by atoms with van der Waals surface area (Å²) in [6, 6.07) is 3.34. The number of nitrogens with zero attached hydrogens (tertiary/aromatic N) is 3. The van der Waals surface area contributed by atoms with Gasteiger partial charge in [0.2, 0.25) is 11.9 Å². The lowest BCUT2D eigenvalue weighted by molar-refractivity contribution is -0.144. The van der Waals surface area contributed by atoms with Gasteiger partial charge in [0.05, 0.1) is 68.2 Å². The Morgan fingerprint density at radius 1 is 0.918 bits per heavy atom. The van der Waals surface area contributed by atoms with E-state index in [4.69, 9.17) is 37.4 Å². The SMILES string of the molecule is CCOC(=O)CC(NC(=O)CNC(=O)c1cc(N=C2N(C(=O)OCC)CCN2C(=O)OCC)cc(C(F)(F)F)c1)c1cc(Cl)cc(Cl)c1O. The van der Waals surface area contributed by atoms with Crippen LogP contribution < -0.4 is 10.6 Å². The Hall–Kier alpha value is -4.77. The van der Waals surface area contributed by atoms with E-state index in [2.05, 4.69) is 15.6 Å². The predicted octanol–water partition coefficient (Wildman–Crippen LogP) is 5.18. The van der Waals surface area contributed by atoms with Crippen LogP contribution in [0.25, 0.3) is 0 Å². The van der Waals surface area contributed by atoms with Gasteiger partial charge in [-0.25, -0.2) is 24.4 Å². The Bertz CT molecular complexity index is 1600. The molecular formula is C30H32Cl2F3N5O9. The molecule has 1 heterocycles. The van der Waals surface area contributed by atoms with Crippen molar-refractivity contribution in [3.8, 4) is 5.75 Å². The van der Waals surface area contributed by atoms with E-state index >= 15 is 0 Å². The molecule has 0 aliphatic carbocycles. The van der Waals surface area contributed by atoms with Gasteiger partial charge in [0.15, 0.2) is 0 Å². The fraction of sp³-hybridized carbons (Fsp3) is 0.400. The van der Waals surface area contributed by atoms with E-state index in [1.807, 2.05) is 0 Å². The second-order valence-corrected chi connectivity index (χ2v) is 10.9. The summed E-state index contributed by atoms with van der Waals surface area (Å²) in [7, 11) is 0. The fourth-order valence-corrected chi connectivity index (χ4v) is 5.00. The van der Waals surface area contributed by atoms with Crippen LogP contribution in [0.1, 0.15) is 54.7 Å². The molecule has 49 heavy (non-hydrogen) atoms. The lowest BCUT2D eigenvalue weighted by atomic mass is 10.0. The first-order valence-electron chi connectivity index (χ1n) is 14.7. The molecule has 1 unspecified atom stereocenters. The largest absolute Gasteiger partial charge is 0.506 e. The molecule has 3 rings (SSSR count). The summed E-state index contributed by atoms with van der Waals surface area (Å²) in [5.41, 5.74) is -2.37. The first-order valence-corrected chi connectivity index (χ1v) is 15.5. The highest BCUT2D eigenvalue weighted by Crippen LogP contribution is 2.36. The number of esters is 1. The molecule has 2 aromatic carbocycles. The van der Waals surface area contributed by atoms with E-state index < -0.39 is 77.7 Å². The molecule has 1 aliphatic heterocycles. The highest BCUT2D eigenvalue weighted by molar-refractivity contribution is 6.35. The summed E-state index contributed by atoms with van der Waals surface area (Å²) in [6.07, 6.45) is -7.27. The van der Waals surface area contributed by atoms with E-state index in [0.717, 1.165) is 15.9 Å². The zero-order valence-electron chi connectivity index (χ0n) is 26.4. The Labute approximate surface area is 288 Å². The summed E-state index contributed by atoms with van der Waals surface area (Å²) in [5.74, 6) is -3.66. The summed E-state index contributed by atoms with van der Waals surface area (Å²) >= 11 is 12.0. The molecule has 0 aromatic heterocycles. The minimum atomic E-state index is -4.96. The van der Waals surface area contributed by atoms with Crippen molar-refractivity contribution in [3.63, 3.8) is 0 Å². The second-order valence-electron chi connectivity index (χ2n) is 10.0. The van der Waals surface area contributed by atoms with Crippen LogP contribution in [0, 0.1) is 0 Å². The molecule has 19 heteroatoms. The predicted molar refractivity (Wildman–Crippen MR) is 169 cm³/mol. The van der Waals surface area contributed by atoms with Gasteiger partial charge in [-0.2, -0.15) is 13.2 Å². The second kappa shape index (κ2) is 17.1. The molecule has 0 saturated carbocycles. The van der Waals surface area contributed by atoms with Crippen molar-refractivity contribution in [3.05, 3.63) is 57.1 Å². The Kier molecular flexibility index (Phi) is 13.5. The number of rotatable bonds is 11.